The summed E-state index contributed by atoms with van der Waals surface area (Å²) in [5, 5.41) is 63.6. The molecule has 1 heterocycles. The molecular formula is C65H89N17O14. The van der Waals surface area contributed by atoms with Crippen molar-refractivity contribution in [1.29, 1.82) is 5.41 Å². The van der Waals surface area contributed by atoms with Gasteiger partial charge in [0.05, 0.1) is 25.6 Å². The van der Waals surface area contributed by atoms with Gasteiger partial charge in [0, 0.05) is 42.9 Å². The summed E-state index contributed by atoms with van der Waals surface area (Å²) in [6.07, 6.45) is 1.37. The average Bonchev–Trinajstić information content (AvgIpc) is 1.64. The predicted octanol–water partition coefficient (Wildman–Crippen LogP) is -3.04. The fraction of sp³-hybridized carbons (Fsp3) is 0.415. The molecule has 0 saturated heterocycles. The van der Waals surface area contributed by atoms with Crippen LogP contribution in [0.1, 0.15) is 81.0 Å². The maximum absolute atomic E-state index is 14.6. The van der Waals surface area contributed by atoms with E-state index < -0.39 is 139 Å². The number of primary amides is 2. The standard InChI is InChI=1S/C65H89N17O14/c1-36(2)27-49(61(93)77-47(16-10-26-72-65(70)71)59(91)78-48(56(69)88)29-39-19-23-42(85)24-20-39)75-55(87)34-74-58(90)50(30-37-11-4-3-5-12-37)79-64(96)53(35-83)82-63(95)52(32-54(68)86)81-62(94)51(31-40-33-73-45-14-7-6-13-43(40)45)80-60(92)46(15-8-9-25-66)76-57(89)44(67)28-38-17-21-41(84)22-18-38/h3-7,11-14,17-24,33,36,44,46-53,73,83-85H,8-10,15-16,25-32,34-35,66-67H2,1-2H3,(H2,68,86)(H2,69,88)(H,74,90)(H,75,87)(H,76,89)(H,77,93)(H,78,91)(H,79,96)(H,80,92)(H,81,94)(H,82,95)(H4,70,71,72)/t44-,46-,47-,48-,49-,50-,51-,52-,53-/m0/s1. The summed E-state index contributed by atoms with van der Waals surface area (Å²) in [5.41, 5.74) is 31.6. The predicted molar refractivity (Wildman–Crippen MR) is 354 cm³/mol. The van der Waals surface area contributed by atoms with Gasteiger partial charge in [-0.05, 0) is 110 Å². The van der Waals surface area contributed by atoms with E-state index in [0.29, 0.717) is 46.0 Å². The third kappa shape index (κ3) is 25.7. The molecule has 9 atom stereocenters. The smallest absolute Gasteiger partial charge is 0.245 e. The number of phenols is 2. The maximum atomic E-state index is 14.6. The van der Waals surface area contributed by atoms with Crippen molar-refractivity contribution in [3.8, 4) is 11.5 Å². The summed E-state index contributed by atoms with van der Waals surface area (Å²) < 4.78 is 0. The summed E-state index contributed by atoms with van der Waals surface area (Å²) in [7, 11) is 0. The monoisotopic (exact) mass is 1330 g/mol. The first kappa shape index (κ1) is 76.1. The van der Waals surface area contributed by atoms with Crippen LogP contribution in [0.2, 0.25) is 0 Å². The van der Waals surface area contributed by atoms with Crippen molar-refractivity contribution in [3.05, 3.63) is 132 Å². The van der Waals surface area contributed by atoms with E-state index in [1.165, 1.54) is 36.4 Å². The number of carbonyl (C=O) groups excluding carboxylic acids is 11. The number of unbranched alkanes of at least 4 members (excludes halogenated alkanes) is 1. The molecule has 5 rings (SSSR count). The molecule has 0 bridgehead atoms. The van der Waals surface area contributed by atoms with E-state index in [2.05, 4.69) is 58.2 Å². The van der Waals surface area contributed by atoms with E-state index in [1.54, 1.807) is 86.8 Å². The fourth-order valence-corrected chi connectivity index (χ4v) is 10.2. The van der Waals surface area contributed by atoms with E-state index in [-0.39, 0.29) is 87.8 Å². The third-order valence-electron chi connectivity index (χ3n) is 15.2. The van der Waals surface area contributed by atoms with Crippen molar-refractivity contribution in [2.45, 2.75) is 139 Å². The third-order valence-corrected chi connectivity index (χ3v) is 15.2. The number of aromatic nitrogens is 1. The number of aliphatic hydroxyl groups excluding tert-OH is 1. The van der Waals surface area contributed by atoms with E-state index in [1.807, 2.05) is 0 Å². The van der Waals surface area contributed by atoms with Crippen LogP contribution in [-0.4, -0.2) is 172 Å². The van der Waals surface area contributed by atoms with Gasteiger partial charge < -0.3 is 102 Å². The number of para-hydroxylation sites is 1. The number of H-pyrrole nitrogens is 1. The Morgan fingerprint density at radius 3 is 1.56 bits per heavy atom. The molecular weight excluding hydrogens is 1240 g/mol. The molecule has 1 aromatic heterocycles. The Hall–Kier alpha value is -10.7. The number of nitrogens with one attached hydrogen (secondary N) is 12. The lowest BCUT2D eigenvalue weighted by Crippen LogP contribution is -2.61. The Bertz CT molecular complexity index is 3460. The number of aliphatic hydroxyl groups is 1. The Morgan fingerprint density at radius 2 is 0.979 bits per heavy atom. The Kier molecular flexibility index (Phi) is 30.5. The van der Waals surface area contributed by atoms with Gasteiger partial charge in [0.25, 0.3) is 0 Å². The molecule has 31 heteroatoms. The second kappa shape index (κ2) is 38.5. The number of fused-ring (bicyclic) bond motifs is 1. The molecule has 4 aromatic carbocycles. The second-order valence-corrected chi connectivity index (χ2v) is 23.5. The topological polar surface area (TPSA) is 538 Å². The number of phenolic OH excluding ortho intramolecular Hbond substituents is 2. The first-order valence-corrected chi connectivity index (χ1v) is 31.3. The van der Waals surface area contributed by atoms with Crippen molar-refractivity contribution in [2.75, 3.05) is 26.2 Å². The minimum Gasteiger partial charge on any atom is -0.508 e. The highest BCUT2D eigenvalue weighted by Crippen LogP contribution is 2.21. The SMILES string of the molecule is CC(C)C[C@H](NC(=O)CNC(=O)[C@H](Cc1ccccc1)NC(=O)[C@H](CO)NC(=O)[C@H](CC(N)=O)NC(=O)[C@H](Cc1c[nH]c2ccccc12)NC(=O)[C@H](CCCCN)NC(=O)[C@@H](N)Cc1ccc(O)cc1)C(=O)N[C@@H](CCCNC(=N)N)C(=O)N[C@@H](Cc1ccc(O)cc1)C(N)=O. The van der Waals surface area contributed by atoms with Gasteiger partial charge in [0.1, 0.15) is 59.8 Å². The highest BCUT2D eigenvalue weighted by molar-refractivity contribution is 6.00. The molecule has 0 spiro atoms. The fourth-order valence-electron chi connectivity index (χ4n) is 10.2. The van der Waals surface area contributed by atoms with Gasteiger partial charge in [0.2, 0.25) is 65.0 Å². The van der Waals surface area contributed by atoms with Crippen LogP contribution >= 0.6 is 0 Å². The van der Waals surface area contributed by atoms with Crippen molar-refractivity contribution in [3.63, 3.8) is 0 Å². The number of nitrogens with two attached hydrogens (primary N) is 5. The van der Waals surface area contributed by atoms with Crippen LogP contribution in [-0.2, 0) is 78.4 Å². The number of amides is 11. The van der Waals surface area contributed by atoms with Crippen LogP contribution in [0.5, 0.6) is 11.5 Å². The Labute approximate surface area is 554 Å². The minimum absolute atomic E-state index is 0.00679. The number of hydrogen-bond donors (Lipinski definition) is 20. The second-order valence-electron chi connectivity index (χ2n) is 23.5. The molecule has 0 aliphatic rings. The van der Waals surface area contributed by atoms with Crippen LogP contribution < -0.4 is 81.8 Å². The maximum Gasteiger partial charge on any atom is 0.245 e. The number of rotatable bonds is 40. The lowest BCUT2D eigenvalue weighted by atomic mass is 10.0. The zero-order chi connectivity index (χ0) is 70.4. The molecule has 0 saturated carbocycles. The van der Waals surface area contributed by atoms with Gasteiger partial charge in [-0.15, -0.1) is 0 Å². The lowest BCUT2D eigenvalue weighted by molar-refractivity contribution is -0.136. The zero-order valence-electron chi connectivity index (χ0n) is 53.5. The summed E-state index contributed by atoms with van der Waals surface area (Å²) >= 11 is 0. The quantitative estimate of drug-likeness (QED) is 0.0105. The Balaban J connectivity index is 1.31. The molecule has 25 N–H and O–H groups in total. The van der Waals surface area contributed by atoms with Crippen molar-refractivity contribution in [2.24, 2.45) is 34.6 Å². The molecule has 31 nitrogen and oxygen atoms in total. The number of aromatic hydroxyl groups is 2. The molecule has 0 unspecified atom stereocenters. The molecule has 0 aliphatic heterocycles. The molecule has 0 radical (unpaired) electrons. The molecule has 0 aliphatic carbocycles. The van der Waals surface area contributed by atoms with Crippen LogP contribution in [0, 0.1) is 11.3 Å². The van der Waals surface area contributed by atoms with Gasteiger partial charge in [-0.25, -0.2) is 0 Å². The summed E-state index contributed by atoms with van der Waals surface area (Å²) in [6, 6.07) is 14.2. The number of benzene rings is 4. The highest BCUT2D eigenvalue weighted by Gasteiger charge is 2.36. The highest BCUT2D eigenvalue weighted by atomic mass is 16.3. The molecule has 518 valence electrons. The average molecular weight is 1330 g/mol. The first-order valence-electron chi connectivity index (χ1n) is 31.3. The van der Waals surface area contributed by atoms with Crippen LogP contribution in [0.25, 0.3) is 10.9 Å². The van der Waals surface area contributed by atoms with Crippen LogP contribution in [0.4, 0.5) is 0 Å². The van der Waals surface area contributed by atoms with Crippen molar-refractivity contribution in [1.82, 2.24) is 58.2 Å². The minimum atomic E-state index is -1.87. The van der Waals surface area contributed by atoms with E-state index in [0.717, 1.165) is 0 Å². The van der Waals surface area contributed by atoms with Crippen molar-refractivity contribution >= 4 is 81.8 Å². The van der Waals surface area contributed by atoms with E-state index >= 15 is 0 Å². The molecule has 0 fully saturated rings. The molecule has 5 aromatic rings. The normalized spacial score (nSPS) is 13.9. The van der Waals surface area contributed by atoms with Gasteiger partial charge >= 0.3 is 0 Å². The van der Waals surface area contributed by atoms with Crippen LogP contribution in [0.3, 0.4) is 0 Å². The summed E-state index contributed by atoms with van der Waals surface area (Å²) in [5.74, 6) is -10.9. The van der Waals surface area contributed by atoms with E-state index in [9.17, 15) is 68.1 Å². The van der Waals surface area contributed by atoms with Crippen molar-refractivity contribution < 1.29 is 68.1 Å². The zero-order valence-corrected chi connectivity index (χ0v) is 53.5. The number of hydrogen-bond acceptors (Lipinski definition) is 17. The summed E-state index contributed by atoms with van der Waals surface area (Å²) in [6.45, 7) is 2.04. The number of aromatic amines is 1. The van der Waals surface area contributed by atoms with E-state index in [4.69, 9.17) is 34.1 Å². The number of guanidine groups is 1. The largest absolute Gasteiger partial charge is 0.508 e. The molecule has 11 amide bonds. The number of carbonyl (C=O) groups is 11. The van der Waals surface area contributed by atoms with Gasteiger partial charge in [-0.2, -0.15) is 0 Å². The molecule has 96 heavy (non-hydrogen) atoms. The Morgan fingerprint density at radius 1 is 0.500 bits per heavy atom. The van der Waals surface area contributed by atoms with Gasteiger partial charge in [-0.1, -0.05) is 86.6 Å². The van der Waals surface area contributed by atoms with Gasteiger partial charge in [-0.3, -0.25) is 58.1 Å². The lowest BCUT2D eigenvalue weighted by Gasteiger charge is -2.27. The van der Waals surface area contributed by atoms with Crippen LogP contribution in [0.15, 0.2) is 109 Å². The first-order chi connectivity index (χ1) is 45.7. The summed E-state index contributed by atoms with van der Waals surface area (Å²) in [4.78, 5) is 155. The van der Waals surface area contributed by atoms with Gasteiger partial charge in [0.15, 0.2) is 5.96 Å².